The second-order valence-electron chi connectivity index (χ2n) is 3.99. The maximum atomic E-state index is 9.07. The van der Waals surface area contributed by atoms with E-state index in [2.05, 4.69) is 0 Å². The van der Waals surface area contributed by atoms with Gasteiger partial charge in [0.1, 0.15) is 5.75 Å². The van der Waals surface area contributed by atoms with Gasteiger partial charge >= 0.3 is 0 Å². The number of benzene rings is 1. The molecule has 0 saturated heterocycles. The van der Waals surface area contributed by atoms with Crippen molar-refractivity contribution in [1.82, 2.24) is 0 Å². The Morgan fingerprint density at radius 2 is 1.88 bits per heavy atom. The Labute approximate surface area is 103 Å². The number of hydrogen-bond acceptors (Lipinski definition) is 3. The Kier molecular flexibility index (Phi) is 5.73. The first-order valence-electron chi connectivity index (χ1n) is 5.67. The van der Waals surface area contributed by atoms with E-state index in [0.29, 0.717) is 0 Å². The monoisotopic (exact) mass is 236 g/mol. The van der Waals surface area contributed by atoms with Crippen LogP contribution in [0.25, 0.3) is 6.08 Å². The molecular formula is C14H20O3. The molecule has 0 bridgehead atoms. The molecular weight excluding hydrogens is 216 g/mol. The molecule has 0 aromatic heterocycles. The van der Waals surface area contributed by atoms with Gasteiger partial charge in [-0.15, -0.1) is 0 Å². The molecule has 0 unspecified atom stereocenters. The number of aliphatic hydroxyl groups excluding tert-OH is 1. The molecule has 0 saturated carbocycles. The van der Waals surface area contributed by atoms with Crippen LogP contribution in [-0.2, 0) is 4.74 Å². The lowest BCUT2D eigenvalue weighted by Crippen LogP contribution is -2.20. The highest BCUT2D eigenvalue weighted by molar-refractivity contribution is 5.51. The number of rotatable bonds is 6. The van der Waals surface area contributed by atoms with Crippen molar-refractivity contribution in [3.05, 3.63) is 35.9 Å². The van der Waals surface area contributed by atoms with Crippen molar-refractivity contribution in [2.24, 2.45) is 5.92 Å². The lowest BCUT2D eigenvalue weighted by molar-refractivity contribution is 0.0672. The van der Waals surface area contributed by atoms with E-state index in [0.717, 1.165) is 11.3 Å². The fourth-order valence-electron chi connectivity index (χ4n) is 1.53. The molecule has 0 spiro atoms. The lowest BCUT2D eigenvalue weighted by Gasteiger charge is -2.16. The molecule has 1 aromatic carbocycles. The SMILES string of the molecule is COc1ccc(/C=C/[C@H](OC)[C@@H](C)CO)cc1. The van der Waals surface area contributed by atoms with Gasteiger partial charge in [-0.25, -0.2) is 0 Å². The first kappa shape index (κ1) is 13.7. The van der Waals surface area contributed by atoms with Gasteiger partial charge in [-0.1, -0.05) is 31.2 Å². The summed E-state index contributed by atoms with van der Waals surface area (Å²) in [6, 6.07) is 7.78. The van der Waals surface area contributed by atoms with Crippen LogP contribution < -0.4 is 4.74 Å². The maximum absolute atomic E-state index is 9.07. The van der Waals surface area contributed by atoms with Gasteiger partial charge in [-0.05, 0) is 17.7 Å². The van der Waals surface area contributed by atoms with E-state index in [1.54, 1.807) is 14.2 Å². The van der Waals surface area contributed by atoms with Crippen LogP contribution in [0.2, 0.25) is 0 Å². The van der Waals surface area contributed by atoms with Crippen molar-refractivity contribution in [3.63, 3.8) is 0 Å². The zero-order valence-corrected chi connectivity index (χ0v) is 10.6. The van der Waals surface area contributed by atoms with E-state index in [1.165, 1.54) is 0 Å². The van der Waals surface area contributed by atoms with Gasteiger partial charge in [0.05, 0.1) is 13.2 Å². The first-order chi connectivity index (χ1) is 8.21. The average molecular weight is 236 g/mol. The van der Waals surface area contributed by atoms with E-state index in [9.17, 15) is 0 Å². The summed E-state index contributed by atoms with van der Waals surface area (Å²) in [6.45, 7) is 2.07. The average Bonchev–Trinajstić information content (AvgIpc) is 2.39. The molecule has 0 amide bonds. The fourth-order valence-corrected chi connectivity index (χ4v) is 1.53. The largest absolute Gasteiger partial charge is 0.497 e. The molecule has 2 atom stereocenters. The molecule has 1 rings (SSSR count). The quantitative estimate of drug-likeness (QED) is 0.824. The van der Waals surface area contributed by atoms with Gasteiger partial charge in [0.25, 0.3) is 0 Å². The minimum absolute atomic E-state index is 0.0675. The second kappa shape index (κ2) is 7.09. The topological polar surface area (TPSA) is 38.7 Å². The summed E-state index contributed by atoms with van der Waals surface area (Å²) in [5.74, 6) is 0.934. The maximum Gasteiger partial charge on any atom is 0.118 e. The fraction of sp³-hybridized carbons (Fsp3) is 0.429. The Bertz CT molecular complexity index is 343. The highest BCUT2D eigenvalue weighted by Crippen LogP contribution is 2.14. The zero-order chi connectivity index (χ0) is 12.7. The Morgan fingerprint density at radius 3 is 2.35 bits per heavy atom. The second-order valence-corrected chi connectivity index (χ2v) is 3.99. The third-order valence-electron chi connectivity index (χ3n) is 2.72. The molecule has 0 heterocycles. The van der Waals surface area contributed by atoms with Gasteiger partial charge in [-0.2, -0.15) is 0 Å². The molecule has 3 nitrogen and oxygen atoms in total. The van der Waals surface area contributed by atoms with Crippen molar-refractivity contribution in [2.75, 3.05) is 20.8 Å². The molecule has 0 aliphatic heterocycles. The number of methoxy groups -OCH3 is 2. The Balaban J connectivity index is 2.67. The highest BCUT2D eigenvalue weighted by Gasteiger charge is 2.11. The summed E-state index contributed by atoms with van der Waals surface area (Å²) < 4.78 is 10.4. The van der Waals surface area contributed by atoms with Gasteiger partial charge in [0.2, 0.25) is 0 Å². The van der Waals surface area contributed by atoms with E-state index < -0.39 is 0 Å². The van der Waals surface area contributed by atoms with Crippen LogP contribution in [0.1, 0.15) is 12.5 Å². The summed E-state index contributed by atoms with van der Waals surface area (Å²) in [5.41, 5.74) is 1.08. The van der Waals surface area contributed by atoms with Gasteiger partial charge in [0.15, 0.2) is 0 Å². The normalized spacial score (nSPS) is 14.8. The van der Waals surface area contributed by atoms with E-state index in [4.69, 9.17) is 14.6 Å². The van der Waals surface area contributed by atoms with Gasteiger partial charge < -0.3 is 14.6 Å². The van der Waals surface area contributed by atoms with Crippen LogP contribution >= 0.6 is 0 Å². The van der Waals surface area contributed by atoms with Gasteiger partial charge in [-0.3, -0.25) is 0 Å². The highest BCUT2D eigenvalue weighted by atomic mass is 16.5. The molecule has 1 N–H and O–H groups in total. The summed E-state index contributed by atoms with van der Waals surface area (Å²) >= 11 is 0. The van der Waals surface area contributed by atoms with Crippen LogP contribution in [0.15, 0.2) is 30.3 Å². The molecule has 17 heavy (non-hydrogen) atoms. The van der Waals surface area contributed by atoms with Crippen molar-refractivity contribution >= 4 is 6.08 Å². The third-order valence-corrected chi connectivity index (χ3v) is 2.72. The van der Waals surface area contributed by atoms with Crippen LogP contribution in [0.4, 0.5) is 0 Å². The van der Waals surface area contributed by atoms with E-state index in [1.807, 2.05) is 43.3 Å². The van der Waals surface area contributed by atoms with Crippen molar-refractivity contribution < 1.29 is 14.6 Å². The van der Waals surface area contributed by atoms with Crippen molar-refractivity contribution in [1.29, 1.82) is 0 Å². The predicted octanol–water partition coefficient (Wildman–Crippen LogP) is 2.35. The number of hydrogen-bond donors (Lipinski definition) is 1. The predicted molar refractivity (Wildman–Crippen MR) is 69.1 cm³/mol. The van der Waals surface area contributed by atoms with E-state index in [-0.39, 0.29) is 18.6 Å². The summed E-state index contributed by atoms with van der Waals surface area (Å²) in [7, 11) is 3.30. The molecule has 94 valence electrons. The van der Waals surface area contributed by atoms with Crippen LogP contribution in [0.5, 0.6) is 5.75 Å². The van der Waals surface area contributed by atoms with Gasteiger partial charge in [0, 0.05) is 19.6 Å². The molecule has 0 fully saturated rings. The number of ether oxygens (including phenoxy) is 2. The summed E-state index contributed by atoms with van der Waals surface area (Å²) in [6.07, 6.45) is 3.88. The van der Waals surface area contributed by atoms with E-state index >= 15 is 0 Å². The lowest BCUT2D eigenvalue weighted by atomic mass is 10.0. The minimum Gasteiger partial charge on any atom is -0.497 e. The van der Waals surface area contributed by atoms with Crippen molar-refractivity contribution in [3.8, 4) is 5.75 Å². The van der Waals surface area contributed by atoms with Crippen LogP contribution in [0, 0.1) is 5.92 Å². The standard InChI is InChI=1S/C14H20O3/c1-11(10-15)14(17-3)9-6-12-4-7-13(16-2)8-5-12/h4-9,11,14-15H,10H2,1-3H3/b9-6+/t11-,14-/m0/s1. The molecule has 0 aliphatic rings. The summed E-state index contributed by atoms with van der Waals surface area (Å²) in [5, 5.41) is 9.07. The third kappa shape index (κ3) is 4.21. The van der Waals surface area contributed by atoms with Crippen LogP contribution in [-0.4, -0.2) is 32.0 Å². The molecule has 0 radical (unpaired) electrons. The molecule has 1 aromatic rings. The molecule has 0 aliphatic carbocycles. The summed E-state index contributed by atoms with van der Waals surface area (Å²) in [4.78, 5) is 0. The van der Waals surface area contributed by atoms with Crippen molar-refractivity contribution in [2.45, 2.75) is 13.0 Å². The molecule has 3 heteroatoms. The number of aliphatic hydroxyl groups is 1. The minimum atomic E-state index is -0.0675. The first-order valence-corrected chi connectivity index (χ1v) is 5.67. The zero-order valence-electron chi connectivity index (χ0n) is 10.6. The smallest absolute Gasteiger partial charge is 0.118 e. The Hall–Kier alpha value is -1.32. The van der Waals surface area contributed by atoms with Crippen LogP contribution in [0.3, 0.4) is 0 Å². The Morgan fingerprint density at radius 1 is 1.24 bits per heavy atom.